The molecule has 0 bridgehead atoms. The molecule has 2 saturated heterocycles. The van der Waals surface area contributed by atoms with Crippen molar-refractivity contribution in [1.29, 1.82) is 0 Å². The van der Waals surface area contributed by atoms with Gasteiger partial charge in [0.25, 0.3) is 0 Å². The lowest BCUT2D eigenvalue weighted by Crippen LogP contribution is -2.49. The molecule has 6 heteroatoms. The van der Waals surface area contributed by atoms with Crippen LogP contribution in [0.15, 0.2) is 12.3 Å². The summed E-state index contributed by atoms with van der Waals surface area (Å²) in [4.78, 5) is 13.0. The summed E-state index contributed by atoms with van der Waals surface area (Å²) in [5.74, 6) is 1.25. The minimum absolute atomic E-state index is 0.415. The molecule has 104 valence electrons. The second-order valence-corrected chi connectivity index (χ2v) is 5.24. The Morgan fingerprint density at radius 2 is 2.11 bits per heavy atom. The van der Waals surface area contributed by atoms with E-state index in [1.165, 1.54) is 0 Å². The summed E-state index contributed by atoms with van der Waals surface area (Å²) in [6, 6.07) is 1.95. The van der Waals surface area contributed by atoms with Crippen molar-refractivity contribution >= 4 is 11.8 Å². The molecule has 0 N–H and O–H groups in total. The van der Waals surface area contributed by atoms with Crippen LogP contribution in [-0.2, 0) is 9.47 Å². The van der Waals surface area contributed by atoms with Gasteiger partial charge in [-0.15, -0.1) is 0 Å². The molecule has 1 aromatic rings. The van der Waals surface area contributed by atoms with Crippen LogP contribution in [0.3, 0.4) is 0 Å². The zero-order valence-corrected chi connectivity index (χ0v) is 11.5. The highest BCUT2D eigenvalue weighted by Gasteiger charge is 2.41. The van der Waals surface area contributed by atoms with Crippen LogP contribution in [0.2, 0.25) is 0 Å². The molecule has 2 fully saturated rings. The number of hydrogen-bond acceptors (Lipinski definition) is 6. The van der Waals surface area contributed by atoms with Gasteiger partial charge in [0.15, 0.2) is 5.79 Å². The van der Waals surface area contributed by atoms with Gasteiger partial charge >= 0.3 is 0 Å². The largest absolute Gasteiger partial charge is 0.351 e. The number of anilines is 2. The third kappa shape index (κ3) is 2.50. The second kappa shape index (κ2) is 4.94. The first-order chi connectivity index (χ1) is 9.19. The number of hydrogen-bond donors (Lipinski definition) is 0. The average Bonchev–Trinajstić information content (AvgIpc) is 2.87. The smallest absolute Gasteiger partial charge is 0.226 e. The Labute approximate surface area is 113 Å². The Hall–Kier alpha value is -1.40. The SMILES string of the molecule is CN(C)c1nccc(N2CCCC3(C2)OCCO3)n1. The molecular formula is C13H20N4O2. The highest BCUT2D eigenvalue weighted by atomic mass is 16.7. The fourth-order valence-corrected chi connectivity index (χ4v) is 2.65. The minimum atomic E-state index is -0.415. The van der Waals surface area contributed by atoms with Crippen molar-refractivity contribution in [2.45, 2.75) is 18.6 Å². The Balaban J connectivity index is 1.79. The third-order valence-corrected chi connectivity index (χ3v) is 3.58. The fraction of sp³-hybridized carbons (Fsp3) is 0.692. The van der Waals surface area contributed by atoms with Gasteiger partial charge in [-0.2, -0.15) is 4.98 Å². The Morgan fingerprint density at radius 3 is 2.84 bits per heavy atom. The van der Waals surface area contributed by atoms with Gasteiger partial charge in [0.1, 0.15) is 5.82 Å². The molecule has 1 spiro atoms. The van der Waals surface area contributed by atoms with Crippen molar-refractivity contribution in [2.75, 3.05) is 50.2 Å². The first-order valence-electron chi connectivity index (χ1n) is 6.72. The summed E-state index contributed by atoms with van der Waals surface area (Å²) in [6.45, 7) is 3.12. The maximum Gasteiger partial charge on any atom is 0.226 e. The first-order valence-corrected chi connectivity index (χ1v) is 6.72. The summed E-state index contributed by atoms with van der Waals surface area (Å²) >= 11 is 0. The number of aromatic nitrogens is 2. The van der Waals surface area contributed by atoms with Gasteiger partial charge < -0.3 is 19.3 Å². The van der Waals surface area contributed by atoms with Gasteiger partial charge in [0.05, 0.1) is 19.8 Å². The average molecular weight is 264 g/mol. The molecule has 19 heavy (non-hydrogen) atoms. The first kappa shape index (κ1) is 12.6. The van der Waals surface area contributed by atoms with E-state index in [0.29, 0.717) is 13.2 Å². The van der Waals surface area contributed by atoms with Crippen LogP contribution in [0.4, 0.5) is 11.8 Å². The van der Waals surface area contributed by atoms with Gasteiger partial charge in [-0.3, -0.25) is 0 Å². The molecule has 2 aliphatic rings. The Bertz CT molecular complexity index is 446. The maximum absolute atomic E-state index is 5.79. The van der Waals surface area contributed by atoms with Crippen molar-refractivity contribution in [3.05, 3.63) is 12.3 Å². The van der Waals surface area contributed by atoms with E-state index in [-0.39, 0.29) is 0 Å². The molecule has 0 amide bonds. The monoisotopic (exact) mass is 264 g/mol. The zero-order valence-electron chi connectivity index (χ0n) is 11.5. The maximum atomic E-state index is 5.79. The lowest BCUT2D eigenvalue weighted by Gasteiger charge is -2.39. The molecule has 0 unspecified atom stereocenters. The van der Waals surface area contributed by atoms with Gasteiger partial charge in [-0.05, 0) is 12.5 Å². The Kier molecular flexibility index (Phi) is 3.28. The van der Waals surface area contributed by atoms with Crippen LogP contribution < -0.4 is 9.80 Å². The minimum Gasteiger partial charge on any atom is -0.351 e. The molecule has 2 aliphatic heterocycles. The van der Waals surface area contributed by atoms with E-state index in [2.05, 4.69) is 14.9 Å². The van der Waals surface area contributed by atoms with Crippen LogP contribution in [-0.4, -0.2) is 56.2 Å². The van der Waals surface area contributed by atoms with E-state index in [0.717, 1.165) is 37.7 Å². The van der Waals surface area contributed by atoms with Crippen molar-refractivity contribution in [3.8, 4) is 0 Å². The van der Waals surface area contributed by atoms with Crippen molar-refractivity contribution in [1.82, 2.24) is 9.97 Å². The van der Waals surface area contributed by atoms with E-state index in [1.807, 2.05) is 25.1 Å². The van der Waals surface area contributed by atoms with E-state index >= 15 is 0 Å². The summed E-state index contributed by atoms with van der Waals surface area (Å²) < 4.78 is 11.6. The molecule has 0 radical (unpaired) electrons. The third-order valence-electron chi connectivity index (χ3n) is 3.58. The fourth-order valence-electron chi connectivity index (χ4n) is 2.65. The van der Waals surface area contributed by atoms with Crippen LogP contribution >= 0.6 is 0 Å². The predicted molar refractivity (Wildman–Crippen MR) is 72.4 cm³/mol. The molecule has 1 aromatic heterocycles. The highest BCUT2D eigenvalue weighted by Crippen LogP contribution is 2.32. The second-order valence-electron chi connectivity index (χ2n) is 5.24. The predicted octanol–water partition coefficient (Wildman–Crippen LogP) is 0.886. The zero-order chi connectivity index (χ0) is 13.3. The van der Waals surface area contributed by atoms with Gasteiger partial charge in [0.2, 0.25) is 5.95 Å². The molecule has 3 rings (SSSR count). The lowest BCUT2D eigenvalue weighted by molar-refractivity contribution is -0.161. The summed E-state index contributed by atoms with van der Waals surface area (Å²) in [5.41, 5.74) is 0. The highest BCUT2D eigenvalue weighted by molar-refractivity contribution is 5.43. The van der Waals surface area contributed by atoms with Gasteiger partial charge in [0, 0.05) is 33.3 Å². The number of rotatable bonds is 2. The van der Waals surface area contributed by atoms with Crippen LogP contribution in [0, 0.1) is 0 Å². The van der Waals surface area contributed by atoms with Crippen molar-refractivity contribution < 1.29 is 9.47 Å². The van der Waals surface area contributed by atoms with Crippen molar-refractivity contribution in [3.63, 3.8) is 0 Å². The van der Waals surface area contributed by atoms with Gasteiger partial charge in [-0.1, -0.05) is 0 Å². The quantitative estimate of drug-likeness (QED) is 0.790. The van der Waals surface area contributed by atoms with E-state index in [1.54, 1.807) is 6.20 Å². The summed E-state index contributed by atoms with van der Waals surface area (Å²) in [7, 11) is 3.89. The Morgan fingerprint density at radius 1 is 1.32 bits per heavy atom. The summed E-state index contributed by atoms with van der Waals surface area (Å²) in [6.07, 6.45) is 3.83. The lowest BCUT2D eigenvalue weighted by atomic mass is 10.0. The van der Waals surface area contributed by atoms with Gasteiger partial charge in [-0.25, -0.2) is 4.98 Å². The molecule has 0 atom stereocenters. The van der Waals surface area contributed by atoms with Crippen LogP contribution in [0.5, 0.6) is 0 Å². The number of ether oxygens (including phenoxy) is 2. The molecule has 0 saturated carbocycles. The normalized spacial score (nSPS) is 21.9. The molecule has 6 nitrogen and oxygen atoms in total. The molecule has 0 aromatic carbocycles. The molecular weight excluding hydrogens is 244 g/mol. The number of piperidine rings is 1. The van der Waals surface area contributed by atoms with Crippen LogP contribution in [0.1, 0.15) is 12.8 Å². The van der Waals surface area contributed by atoms with Crippen LogP contribution in [0.25, 0.3) is 0 Å². The van der Waals surface area contributed by atoms with E-state index in [4.69, 9.17) is 9.47 Å². The van der Waals surface area contributed by atoms with Crippen molar-refractivity contribution in [2.24, 2.45) is 0 Å². The number of nitrogens with zero attached hydrogens (tertiary/aromatic N) is 4. The summed E-state index contributed by atoms with van der Waals surface area (Å²) in [5, 5.41) is 0. The van der Waals surface area contributed by atoms with E-state index < -0.39 is 5.79 Å². The molecule has 0 aliphatic carbocycles. The van der Waals surface area contributed by atoms with E-state index in [9.17, 15) is 0 Å². The topological polar surface area (TPSA) is 50.7 Å². The standard InChI is InChI=1S/C13H20N4O2/c1-16(2)12-14-6-4-11(15-12)17-7-3-5-13(10-17)18-8-9-19-13/h4,6H,3,5,7-10H2,1-2H3. The molecule has 3 heterocycles.